The molecular weight excluding hydrogens is 402 g/mol. The van der Waals surface area contributed by atoms with Crippen molar-refractivity contribution in [1.82, 2.24) is 29.9 Å². The minimum atomic E-state index is -0.389. The fraction of sp³-hybridized carbons (Fsp3) is 0.176. The number of nitrogens with one attached hydrogen (secondary N) is 1. The third-order valence-electron chi connectivity index (χ3n) is 4.10. The van der Waals surface area contributed by atoms with Gasteiger partial charge in [0.2, 0.25) is 5.82 Å². The fourth-order valence-corrected chi connectivity index (χ4v) is 3.91. The highest BCUT2D eigenvalue weighted by Gasteiger charge is 2.18. The Bertz CT molecular complexity index is 1200. The van der Waals surface area contributed by atoms with E-state index in [0.29, 0.717) is 33.3 Å². The van der Waals surface area contributed by atoms with E-state index in [-0.39, 0.29) is 15.8 Å². The molecule has 0 saturated heterocycles. The van der Waals surface area contributed by atoms with Crippen LogP contribution in [0.3, 0.4) is 0 Å². The van der Waals surface area contributed by atoms with Crippen LogP contribution in [0.15, 0.2) is 35.5 Å². The molecule has 0 saturated carbocycles. The van der Waals surface area contributed by atoms with Crippen molar-refractivity contribution in [3.63, 3.8) is 0 Å². The molecule has 142 valence electrons. The number of nitrogens with zero attached hydrogens (tertiary/aromatic N) is 6. The quantitative estimate of drug-likeness (QED) is 0.297. The molecule has 3 heterocycles. The molecule has 9 nitrogen and oxygen atoms in total. The molecule has 0 unspecified atom stereocenters. The van der Waals surface area contributed by atoms with E-state index in [1.807, 2.05) is 19.9 Å². The first-order valence-corrected chi connectivity index (χ1v) is 9.61. The maximum atomic E-state index is 11.2. The van der Waals surface area contributed by atoms with Crippen molar-refractivity contribution >= 4 is 40.1 Å². The Morgan fingerprint density at radius 3 is 2.79 bits per heavy atom. The fourth-order valence-electron chi connectivity index (χ4n) is 2.87. The summed E-state index contributed by atoms with van der Waals surface area (Å²) in [5.41, 5.74) is 3.53. The van der Waals surface area contributed by atoms with Gasteiger partial charge in [-0.05, 0) is 19.9 Å². The van der Waals surface area contributed by atoms with E-state index >= 15 is 0 Å². The third kappa shape index (κ3) is 3.32. The second kappa shape index (κ2) is 7.21. The Kier molecular flexibility index (Phi) is 4.73. The summed E-state index contributed by atoms with van der Waals surface area (Å²) in [5.74, 6) is 0.875. The van der Waals surface area contributed by atoms with Crippen LogP contribution in [-0.2, 0) is 5.75 Å². The summed E-state index contributed by atoms with van der Waals surface area (Å²) in [5, 5.41) is 24.5. The van der Waals surface area contributed by atoms with Gasteiger partial charge < -0.3 is 4.98 Å². The van der Waals surface area contributed by atoms with Crippen LogP contribution in [0.4, 0.5) is 5.69 Å². The maximum Gasteiger partial charge on any atom is 0.273 e. The molecule has 0 aliphatic rings. The zero-order valence-electron chi connectivity index (χ0n) is 14.9. The third-order valence-corrected chi connectivity index (χ3v) is 5.27. The van der Waals surface area contributed by atoms with Crippen molar-refractivity contribution in [2.75, 3.05) is 0 Å². The minimum absolute atomic E-state index is 0.0795. The number of halogens is 1. The summed E-state index contributed by atoms with van der Waals surface area (Å²) in [6.07, 6.45) is 0. The van der Waals surface area contributed by atoms with E-state index < -0.39 is 0 Å². The van der Waals surface area contributed by atoms with Gasteiger partial charge in [-0.25, -0.2) is 9.67 Å². The van der Waals surface area contributed by atoms with Gasteiger partial charge in [0.1, 0.15) is 11.0 Å². The van der Waals surface area contributed by atoms with Crippen molar-refractivity contribution in [3.05, 3.63) is 62.6 Å². The molecule has 0 fully saturated rings. The lowest BCUT2D eigenvalue weighted by Crippen LogP contribution is -2.04. The maximum absolute atomic E-state index is 11.2. The second-order valence-electron chi connectivity index (χ2n) is 6.09. The highest BCUT2D eigenvalue weighted by atomic mass is 35.5. The molecule has 0 radical (unpaired) electrons. The van der Waals surface area contributed by atoms with Crippen LogP contribution in [0.2, 0.25) is 5.15 Å². The lowest BCUT2D eigenvalue weighted by molar-refractivity contribution is -0.385. The molecule has 0 aliphatic carbocycles. The second-order valence-corrected chi connectivity index (χ2v) is 7.42. The molecule has 4 aromatic rings. The number of imidazole rings is 1. The first-order valence-electron chi connectivity index (χ1n) is 8.24. The van der Waals surface area contributed by atoms with Gasteiger partial charge in [-0.1, -0.05) is 41.6 Å². The first kappa shape index (κ1) is 18.4. The van der Waals surface area contributed by atoms with Crippen molar-refractivity contribution < 1.29 is 4.92 Å². The van der Waals surface area contributed by atoms with Gasteiger partial charge in [0, 0.05) is 23.1 Å². The molecular formula is C17H14ClN7O2S. The van der Waals surface area contributed by atoms with E-state index in [1.165, 1.54) is 17.8 Å². The summed E-state index contributed by atoms with van der Waals surface area (Å²) in [6, 6.07) is 8.56. The molecule has 0 spiro atoms. The number of hydrogen-bond donors (Lipinski definition) is 1. The van der Waals surface area contributed by atoms with Crippen LogP contribution in [0, 0.1) is 24.0 Å². The van der Waals surface area contributed by atoms with Crippen LogP contribution in [0.5, 0.6) is 0 Å². The van der Waals surface area contributed by atoms with E-state index in [4.69, 9.17) is 11.6 Å². The van der Waals surface area contributed by atoms with E-state index in [1.54, 1.807) is 22.9 Å². The molecule has 28 heavy (non-hydrogen) atoms. The van der Waals surface area contributed by atoms with E-state index in [2.05, 4.69) is 25.3 Å². The summed E-state index contributed by atoms with van der Waals surface area (Å²) in [7, 11) is 0. The molecule has 0 aliphatic heterocycles. The number of thioether (sulfide) groups is 1. The van der Waals surface area contributed by atoms with Gasteiger partial charge in [0.05, 0.1) is 10.6 Å². The van der Waals surface area contributed by atoms with E-state index in [0.717, 1.165) is 11.4 Å². The Hall–Kier alpha value is -2.98. The molecule has 0 amide bonds. The number of hydrogen-bond acceptors (Lipinski definition) is 7. The predicted octanol–water partition coefficient (Wildman–Crippen LogP) is 4.01. The van der Waals surface area contributed by atoms with Gasteiger partial charge >= 0.3 is 0 Å². The molecule has 1 N–H and O–H groups in total. The van der Waals surface area contributed by atoms with E-state index in [9.17, 15) is 10.1 Å². The zero-order chi connectivity index (χ0) is 19.8. The Morgan fingerprint density at radius 1 is 1.29 bits per heavy atom. The van der Waals surface area contributed by atoms with Gasteiger partial charge in [-0.2, -0.15) is 5.10 Å². The normalized spacial score (nSPS) is 11.2. The number of para-hydroxylation sites is 1. The van der Waals surface area contributed by atoms with Crippen LogP contribution in [0.1, 0.15) is 17.0 Å². The zero-order valence-corrected chi connectivity index (χ0v) is 16.5. The molecule has 1 aromatic carbocycles. The Balaban J connectivity index is 1.71. The number of benzene rings is 1. The first-order chi connectivity index (χ1) is 13.4. The monoisotopic (exact) mass is 415 g/mol. The van der Waals surface area contributed by atoms with Crippen LogP contribution >= 0.6 is 23.4 Å². The largest absolute Gasteiger partial charge is 0.330 e. The lowest BCUT2D eigenvalue weighted by Gasteiger charge is -2.03. The molecule has 11 heteroatoms. The smallest absolute Gasteiger partial charge is 0.273 e. The number of fused-ring (bicyclic) bond motifs is 1. The minimum Gasteiger partial charge on any atom is -0.330 e. The number of H-pyrrole nitrogens is 1. The van der Waals surface area contributed by atoms with Crippen molar-refractivity contribution in [2.45, 2.75) is 24.8 Å². The SMILES string of the molecule is Cc1cc(C)n(-c2nnc(Cl)c3nc(SCc4ccccc4[N+](=O)[O-])[nH]c23)n1. The lowest BCUT2D eigenvalue weighted by atomic mass is 10.2. The van der Waals surface area contributed by atoms with Gasteiger partial charge in [0.15, 0.2) is 10.3 Å². The standard InChI is InChI=1S/C17H14ClN7O2S/c1-9-7-10(2)24(23-9)16-14-13(15(18)21-22-16)19-17(20-14)28-8-11-5-3-4-6-12(11)25(26)27/h3-7H,8H2,1-2H3,(H,19,20). The summed E-state index contributed by atoms with van der Waals surface area (Å²) < 4.78 is 1.68. The number of aromatic nitrogens is 6. The number of aromatic amines is 1. The molecule has 4 rings (SSSR count). The average Bonchev–Trinajstić information content (AvgIpc) is 3.24. The molecule has 3 aromatic heterocycles. The van der Waals surface area contributed by atoms with Crippen LogP contribution < -0.4 is 0 Å². The average molecular weight is 416 g/mol. The number of nitro groups is 1. The van der Waals surface area contributed by atoms with Gasteiger partial charge in [0.25, 0.3) is 5.69 Å². The highest BCUT2D eigenvalue weighted by molar-refractivity contribution is 7.98. The van der Waals surface area contributed by atoms with Crippen LogP contribution in [0.25, 0.3) is 16.9 Å². The topological polar surface area (TPSA) is 115 Å². The summed E-state index contributed by atoms with van der Waals surface area (Å²) >= 11 is 7.51. The predicted molar refractivity (Wildman–Crippen MR) is 106 cm³/mol. The molecule has 0 atom stereocenters. The number of rotatable bonds is 5. The van der Waals surface area contributed by atoms with Gasteiger partial charge in [-0.3, -0.25) is 10.1 Å². The Morgan fingerprint density at radius 2 is 2.07 bits per heavy atom. The molecule has 0 bridgehead atoms. The number of nitro benzene ring substituents is 1. The van der Waals surface area contributed by atoms with Gasteiger partial charge in [-0.15, -0.1) is 10.2 Å². The van der Waals surface area contributed by atoms with Crippen molar-refractivity contribution in [2.24, 2.45) is 0 Å². The van der Waals surface area contributed by atoms with Crippen LogP contribution in [-0.4, -0.2) is 34.9 Å². The highest BCUT2D eigenvalue weighted by Crippen LogP contribution is 2.30. The number of aryl methyl sites for hydroxylation is 2. The summed E-state index contributed by atoms with van der Waals surface area (Å²) in [4.78, 5) is 18.5. The summed E-state index contributed by atoms with van der Waals surface area (Å²) in [6.45, 7) is 3.81. The van der Waals surface area contributed by atoms with Crippen molar-refractivity contribution in [3.8, 4) is 5.82 Å². The van der Waals surface area contributed by atoms with Crippen molar-refractivity contribution in [1.29, 1.82) is 0 Å². The Labute approximate surface area is 168 Å².